The summed E-state index contributed by atoms with van der Waals surface area (Å²) in [6.07, 6.45) is 1.59. The molecule has 0 amide bonds. The molecule has 8 nitrogen and oxygen atoms in total. The lowest BCUT2D eigenvalue weighted by Gasteiger charge is -2.17. The van der Waals surface area contributed by atoms with Crippen LogP contribution < -0.4 is 0 Å². The van der Waals surface area contributed by atoms with E-state index in [0.29, 0.717) is 18.1 Å². The molecule has 0 aliphatic rings. The van der Waals surface area contributed by atoms with Gasteiger partial charge in [-0.25, -0.2) is 0 Å². The highest BCUT2D eigenvalue weighted by Gasteiger charge is 2.18. The van der Waals surface area contributed by atoms with Gasteiger partial charge in [-0.05, 0) is 6.42 Å². The molecule has 0 atom stereocenters. The Morgan fingerprint density at radius 2 is 1.80 bits per heavy atom. The van der Waals surface area contributed by atoms with E-state index in [1.165, 1.54) is 19.1 Å². The van der Waals surface area contributed by atoms with Crippen LogP contribution >= 0.6 is 0 Å². The zero-order chi connectivity index (χ0) is 15.0. The minimum atomic E-state index is -0.453. The van der Waals surface area contributed by atoms with Gasteiger partial charge in [0, 0.05) is 6.42 Å². The molecule has 0 bridgehead atoms. The molecule has 1 heterocycles. The van der Waals surface area contributed by atoms with Crippen molar-refractivity contribution < 1.29 is 23.6 Å². The second-order valence-corrected chi connectivity index (χ2v) is 4.15. The largest absolute Gasteiger partial charge is 0.468 e. The topological polar surface area (TPSA) is 94.8 Å². The molecule has 0 fully saturated rings. The van der Waals surface area contributed by atoms with E-state index in [0.717, 1.165) is 6.42 Å². The van der Waals surface area contributed by atoms with Crippen LogP contribution in [0.2, 0.25) is 0 Å². The molecule has 1 aromatic rings. The van der Waals surface area contributed by atoms with Crippen LogP contribution in [0.1, 0.15) is 25.1 Å². The van der Waals surface area contributed by atoms with Crippen LogP contribution in [0, 0.1) is 0 Å². The Morgan fingerprint density at radius 3 is 2.30 bits per heavy atom. The van der Waals surface area contributed by atoms with Gasteiger partial charge in [-0.1, -0.05) is 12.1 Å². The third-order valence-corrected chi connectivity index (χ3v) is 2.50. The number of hydrogen-bond acceptors (Lipinski definition) is 8. The molecule has 0 spiro atoms. The van der Waals surface area contributed by atoms with E-state index in [2.05, 4.69) is 19.6 Å². The maximum absolute atomic E-state index is 11.3. The molecular weight excluding hydrogens is 266 g/mol. The van der Waals surface area contributed by atoms with Gasteiger partial charge < -0.3 is 14.0 Å². The number of methoxy groups -OCH3 is 2. The average Bonchev–Trinajstić information content (AvgIpc) is 2.86. The molecule has 0 N–H and O–H groups in total. The minimum Gasteiger partial charge on any atom is -0.468 e. The fourth-order valence-corrected chi connectivity index (χ4v) is 1.53. The van der Waals surface area contributed by atoms with Gasteiger partial charge in [0.2, 0.25) is 5.89 Å². The van der Waals surface area contributed by atoms with Crippen molar-refractivity contribution in [1.29, 1.82) is 0 Å². The summed E-state index contributed by atoms with van der Waals surface area (Å²) in [5.74, 6) is 0.0530. The van der Waals surface area contributed by atoms with Gasteiger partial charge in [0.1, 0.15) is 0 Å². The highest BCUT2D eigenvalue weighted by Crippen LogP contribution is 2.04. The van der Waals surface area contributed by atoms with E-state index in [9.17, 15) is 9.59 Å². The van der Waals surface area contributed by atoms with E-state index in [1.54, 1.807) is 0 Å². The molecule has 20 heavy (non-hydrogen) atoms. The summed E-state index contributed by atoms with van der Waals surface area (Å²) in [6.45, 7) is 2.11. The van der Waals surface area contributed by atoms with Crippen LogP contribution in [0.15, 0.2) is 4.52 Å². The Labute approximate surface area is 117 Å². The highest BCUT2D eigenvalue weighted by atomic mass is 16.5. The monoisotopic (exact) mass is 285 g/mol. The number of ether oxygens (including phenoxy) is 2. The van der Waals surface area contributed by atoms with Gasteiger partial charge in [0.25, 0.3) is 0 Å². The predicted molar refractivity (Wildman–Crippen MR) is 67.6 cm³/mol. The summed E-state index contributed by atoms with van der Waals surface area (Å²) in [5, 5.41) is 3.81. The lowest BCUT2D eigenvalue weighted by Crippen LogP contribution is -2.35. The second kappa shape index (κ2) is 8.26. The highest BCUT2D eigenvalue weighted by molar-refractivity contribution is 5.74. The Kier molecular flexibility index (Phi) is 6.65. The van der Waals surface area contributed by atoms with Crippen molar-refractivity contribution >= 4 is 11.9 Å². The van der Waals surface area contributed by atoms with E-state index in [-0.39, 0.29) is 19.6 Å². The first-order chi connectivity index (χ1) is 9.58. The van der Waals surface area contributed by atoms with Crippen LogP contribution in [0.3, 0.4) is 0 Å². The Balaban J connectivity index is 2.66. The van der Waals surface area contributed by atoms with Crippen LogP contribution in [0.4, 0.5) is 0 Å². The third kappa shape index (κ3) is 5.35. The van der Waals surface area contributed by atoms with Crippen molar-refractivity contribution in [1.82, 2.24) is 15.0 Å². The molecule has 0 unspecified atom stereocenters. The fourth-order valence-electron chi connectivity index (χ4n) is 1.53. The van der Waals surface area contributed by atoms with Crippen LogP contribution in [0.25, 0.3) is 0 Å². The Morgan fingerprint density at radius 1 is 1.20 bits per heavy atom. The molecular formula is C12H19N3O5. The summed E-state index contributed by atoms with van der Waals surface area (Å²) in [5.41, 5.74) is 0. The molecule has 1 rings (SSSR count). The lowest BCUT2D eigenvalue weighted by atomic mass is 10.3. The minimum absolute atomic E-state index is 0.0523. The number of aromatic nitrogens is 2. The first-order valence-electron chi connectivity index (χ1n) is 6.26. The van der Waals surface area contributed by atoms with E-state index in [4.69, 9.17) is 4.52 Å². The van der Waals surface area contributed by atoms with E-state index < -0.39 is 11.9 Å². The second-order valence-electron chi connectivity index (χ2n) is 4.15. The van der Waals surface area contributed by atoms with Gasteiger partial charge in [-0.2, -0.15) is 4.98 Å². The molecule has 0 saturated heterocycles. The molecule has 0 radical (unpaired) electrons. The number of carbonyl (C=O) groups excluding carboxylic acids is 2. The molecule has 0 aliphatic carbocycles. The maximum atomic E-state index is 11.3. The first-order valence-corrected chi connectivity index (χ1v) is 6.26. The van der Waals surface area contributed by atoms with Crippen molar-refractivity contribution in [3.63, 3.8) is 0 Å². The number of nitrogens with zero attached hydrogens (tertiary/aromatic N) is 3. The molecule has 0 aromatic carbocycles. The van der Waals surface area contributed by atoms with Gasteiger partial charge >= 0.3 is 11.9 Å². The summed E-state index contributed by atoms with van der Waals surface area (Å²) in [7, 11) is 2.57. The summed E-state index contributed by atoms with van der Waals surface area (Å²) < 4.78 is 14.2. The quantitative estimate of drug-likeness (QED) is 0.624. The number of hydrogen-bond donors (Lipinski definition) is 0. The first kappa shape index (κ1) is 16.1. The SMILES string of the molecule is CCCc1nc(CN(CC(=O)OC)CC(=O)OC)no1. The molecule has 1 aromatic heterocycles. The van der Waals surface area contributed by atoms with Crippen LogP contribution in [-0.4, -0.2) is 54.3 Å². The molecule has 8 heteroatoms. The summed E-state index contributed by atoms with van der Waals surface area (Å²) in [6, 6.07) is 0. The van der Waals surface area contributed by atoms with E-state index in [1.807, 2.05) is 6.92 Å². The van der Waals surface area contributed by atoms with Crippen molar-refractivity contribution in [3.05, 3.63) is 11.7 Å². The number of carbonyl (C=O) groups is 2. The standard InChI is InChI=1S/C12H19N3O5/c1-4-5-10-13-9(14-20-10)6-15(7-11(16)18-2)8-12(17)19-3/h4-8H2,1-3H3. The summed E-state index contributed by atoms with van der Waals surface area (Å²) in [4.78, 5) is 28.3. The van der Waals surface area contributed by atoms with Gasteiger partial charge in [0.15, 0.2) is 5.82 Å². The van der Waals surface area contributed by atoms with Crippen molar-refractivity contribution in [3.8, 4) is 0 Å². The zero-order valence-electron chi connectivity index (χ0n) is 11.9. The maximum Gasteiger partial charge on any atom is 0.319 e. The summed E-state index contributed by atoms with van der Waals surface area (Å²) >= 11 is 0. The predicted octanol–water partition coefficient (Wildman–Crippen LogP) is 0.170. The molecule has 0 aliphatic heterocycles. The van der Waals surface area contributed by atoms with Gasteiger partial charge in [-0.3, -0.25) is 14.5 Å². The third-order valence-electron chi connectivity index (χ3n) is 2.50. The zero-order valence-corrected chi connectivity index (χ0v) is 11.9. The van der Waals surface area contributed by atoms with Gasteiger partial charge in [-0.15, -0.1) is 0 Å². The molecule has 112 valence electrons. The van der Waals surface area contributed by atoms with Gasteiger partial charge in [0.05, 0.1) is 33.9 Å². The Bertz CT molecular complexity index is 428. The van der Waals surface area contributed by atoms with Crippen LogP contribution in [-0.2, 0) is 32.0 Å². The lowest BCUT2D eigenvalue weighted by molar-refractivity contribution is -0.145. The molecule has 0 saturated carbocycles. The van der Waals surface area contributed by atoms with Crippen molar-refractivity contribution in [2.75, 3.05) is 27.3 Å². The Hall–Kier alpha value is -1.96. The van der Waals surface area contributed by atoms with E-state index >= 15 is 0 Å². The van der Waals surface area contributed by atoms with Crippen LogP contribution in [0.5, 0.6) is 0 Å². The van der Waals surface area contributed by atoms with Crippen molar-refractivity contribution in [2.24, 2.45) is 0 Å². The normalized spacial score (nSPS) is 10.6. The van der Waals surface area contributed by atoms with Crippen molar-refractivity contribution in [2.45, 2.75) is 26.3 Å². The number of aryl methyl sites for hydroxylation is 1. The number of esters is 2. The number of rotatable bonds is 8. The smallest absolute Gasteiger partial charge is 0.319 e. The fraction of sp³-hybridized carbons (Fsp3) is 0.667. The average molecular weight is 285 g/mol.